The Morgan fingerprint density at radius 3 is 2.82 bits per heavy atom. The molecular formula is C19H19N3O5S. The number of ether oxygens (including phenoxy) is 2. The quantitative estimate of drug-likeness (QED) is 0.773. The smallest absolute Gasteiger partial charge is 0.325 e. The van der Waals surface area contributed by atoms with Crippen LogP contribution in [0.15, 0.2) is 35.7 Å². The summed E-state index contributed by atoms with van der Waals surface area (Å²) in [7, 11) is 1.65. The number of nitrogens with one attached hydrogen (secondary N) is 1. The first-order valence-corrected chi connectivity index (χ1v) is 9.57. The monoisotopic (exact) mass is 401 g/mol. The number of hydrogen-bond donors (Lipinski definition) is 1. The van der Waals surface area contributed by atoms with Crippen molar-refractivity contribution in [3.8, 4) is 11.5 Å². The summed E-state index contributed by atoms with van der Waals surface area (Å²) in [6, 6.07) is 8.33. The molecule has 9 heteroatoms. The molecule has 28 heavy (non-hydrogen) atoms. The Balaban J connectivity index is 1.49. The van der Waals surface area contributed by atoms with Gasteiger partial charge in [-0.05, 0) is 36.1 Å². The van der Waals surface area contributed by atoms with Crippen LogP contribution in [0.25, 0.3) is 0 Å². The van der Waals surface area contributed by atoms with E-state index in [1.807, 2.05) is 17.5 Å². The molecule has 1 atom stereocenters. The van der Waals surface area contributed by atoms with E-state index in [1.54, 1.807) is 43.5 Å². The van der Waals surface area contributed by atoms with Crippen LogP contribution in [0.3, 0.4) is 0 Å². The number of imide groups is 1. The largest absolute Gasteiger partial charge is 0.454 e. The average molecular weight is 401 g/mol. The zero-order valence-electron chi connectivity index (χ0n) is 15.4. The van der Waals surface area contributed by atoms with Crippen LogP contribution in [-0.4, -0.2) is 48.0 Å². The van der Waals surface area contributed by atoms with Crippen LogP contribution in [0.2, 0.25) is 0 Å². The van der Waals surface area contributed by atoms with Gasteiger partial charge in [-0.15, -0.1) is 11.3 Å². The molecule has 0 saturated carbocycles. The number of benzene rings is 1. The van der Waals surface area contributed by atoms with Gasteiger partial charge in [0, 0.05) is 11.9 Å². The number of carbonyl (C=O) groups is 3. The van der Waals surface area contributed by atoms with E-state index in [4.69, 9.17) is 9.47 Å². The Bertz CT molecular complexity index is 945. The molecule has 0 aliphatic carbocycles. The maximum atomic E-state index is 13.0. The van der Waals surface area contributed by atoms with Gasteiger partial charge < -0.3 is 19.7 Å². The third-order valence-corrected chi connectivity index (χ3v) is 5.78. The van der Waals surface area contributed by atoms with E-state index in [1.165, 1.54) is 4.90 Å². The molecule has 2 aliphatic rings. The van der Waals surface area contributed by atoms with Crippen molar-refractivity contribution in [3.05, 3.63) is 46.2 Å². The fourth-order valence-corrected chi connectivity index (χ4v) is 3.98. The van der Waals surface area contributed by atoms with Crippen LogP contribution >= 0.6 is 11.3 Å². The van der Waals surface area contributed by atoms with Crippen LogP contribution in [0.4, 0.5) is 4.79 Å². The molecule has 146 valence electrons. The summed E-state index contributed by atoms with van der Waals surface area (Å²) in [5, 5.41) is 4.63. The first-order valence-electron chi connectivity index (χ1n) is 8.69. The molecule has 1 N–H and O–H groups in total. The van der Waals surface area contributed by atoms with Gasteiger partial charge >= 0.3 is 6.03 Å². The van der Waals surface area contributed by atoms with Gasteiger partial charge in [-0.1, -0.05) is 12.1 Å². The van der Waals surface area contributed by atoms with Crippen LogP contribution < -0.4 is 14.8 Å². The van der Waals surface area contributed by atoms with Gasteiger partial charge in [0.15, 0.2) is 11.5 Å². The Labute approximate surface area is 165 Å². The number of thiophene rings is 1. The van der Waals surface area contributed by atoms with Gasteiger partial charge in [0.25, 0.3) is 5.91 Å². The molecule has 1 aromatic heterocycles. The molecular weight excluding hydrogens is 382 g/mol. The van der Waals surface area contributed by atoms with E-state index in [2.05, 4.69) is 5.32 Å². The second-order valence-electron chi connectivity index (χ2n) is 6.84. The lowest BCUT2D eigenvalue weighted by atomic mass is 9.91. The van der Waals surface area contributed by atoms with Gasteiger partial charge in [-0.25, -0.2) is 4.79 Å². The molecule has 4 rings (SSSR count). The molecule has 2 aliphatic heterocycles. The van der Waals surface area contributed by atoms with Gasteiger partial charge in [0.1, 0.15) is 12.1 Å². The minimum atomic E-state index is -1.27. The minimum absolute atomic E-state index is 0.118. The summed E-state index contributed by atoms with van der Waals surface area (Å²) < 4.78 is 10.6. The Morgan fingerprint density at radius 2 is 2.07 bits per heavy atom. The molecule has 4 amide bonds. The third kappa shape index (κ3) is 3.07. The first kappa shape index (κ1) is 18.3. The fourth-order valence-electron chi connectivity index (χ4n) is 3.22. The Kier molecular flexibility index (Phi) is 4.46. The van der Waals surface area contributed by atoms with Crippen LogP contribution in [0, 0.1) is 0 Å². The Hall–Kier alpha value is -3.07. The number of nitrogens with zero attached hydrogens (tertiary/aromatic N) is 2. The summed E-state index contributed by atoms with van der Waals surface area (Å²) in [6.07, 6.45) is 0. The van der Waals surface area contributed by atoms with Gasteiger partial charge in [0.05, 0.1) is 6.54 Å². The van der Waals surface area contributed by atoms with E-state index in [-0.39, 0.29) is 19.2 Å². The zero-order chi connectivity index (χ0) is 19.9. The van der Waals surface area contributed by atoms with Crippen molar-refractivity contribution in [1.82, 2.24) is 15.1 Å². The van der Waals surface area contributed by atoms with E-state index in [0.29, 0.717) is 23.6 Å². The molecule has 0 radical (unpaired) electrons. The minimum Gasteiger partial charge on any atom is -0.454 e. The topological polar surface area (TPSA) is 88.2 Å². The normalized spacial score (nSPS) is 20.4. The predicted molar refractivity (Wildman–Crippen MR) is 101 cm³/mol. The highest BCUT2D eigenvalue weighted by Gasteiger charge is 2.50. The maximum Gasteiger partial charge on any atom is 0.325 e. The number of hydrogen-bond acceptors (Lipinski definition) is 6. The lowest BCUT2D eigenvalue weighted by molar-refractivity contribution is -0.138. The van der Waals surface area contributed by atoms with Crippen molar-refractivity contribution in [2.24, 2.45) is 0 Å². The van der Waals surface area contributed by atoms with Crippen molar-refractivity contribution in [3.63, 3.8) is 0 Å². The maximum absolute atomic E-state index is 13.0. The number of fused-ring (bicyclic) bond motifs is 1. The summed E-state index contributed by atoms with van der Waals surface area (Å²) in [4.78, 5) is 41.5. The van der Waals surface area contributed by atoms with Gasteiger partial charge in [-0.2, -0.15) is 0 Å². The number of amides is 4. The molecule has 3 heterocycles. The van der Waals surface area contributed by atoms with Crippen LogP contribution in [0.1, 0.15) is 17.4 Å². The summed E-state index contributed by atoms with van der Waals surface area (Å²) >= 11 is 1.54. The zero-order valence-corrected chi connectivity index (χ0v) is 16.2. The molecule has 1 aromatic carbocycles. The van der Waals surface area contributed by atoms with Crippen molar-refractivity contribution in [2.45, 2.75) is 19.0 Å². The highest BCUT2D eigenvalue weighted by Crippen LogP contribution is 2.37. The summed E-state index contributed by atoms with van der Waals surface area (Å²) in [5.74, 6) is 0.318. The van der Waals surface area contributed by atoms with Crippen LogP contribution in [0.5, 0.6) is 11.5 Å². The van der Waals surface area contributed by atoms with Gasteiger partial charge in [-0.3, -0.25) is 14.5 Å². The second-order valence-corrected chi connectivity index (χ2v) is 7.88. The van der Waals surface area contributed by atoms with E-state index in [0.717, 1.165) is 9.78 Å². The van der Waals surface area contributed by atoms with Crippen molar-refractivity contribution in [1.29, 1.82) is 0 Å². The predicted octanol–water partition coefficient (Wildman–Crippen LogP) is 1.90. The standard InChI is InChI=1S/C19H19N3O5S/c1-19(12-5-6-14-15(8-12)27-11-26-14)17(24)22(18(25)20-19)10-16(23)21(2)9-13-4-3-7-28-13/h3-8H,9-11H2,1-2H3,(H,20,25)/t19-/m1/s1. The number of rotatable bonds is 5. The van der Waals surface area contributed by atoms with E-state index >= 15 is 0 Å². The summed E-state index contributed by atoms with van der Waals surface area (Å²) in [5.41, 5.74) is -0.706. The number of carbonyl (C=O) groups excluding carboxylic acids is 3. The summed E-state index contributed by atoms with van der Waals surface area (Å²) in [6.45, 7) is 1.85. The molecule has 1 saturated heterocycles. The fraction of sp³-hybridized carbons (Fsp3) is 0.316. The van der Waals surface area contributed by atoms with Crippen molar-refractivity contribution < 1.29 is 23.9 Å². The molecule has 0 spiro atoms. The molecule has 0 bridgehead atoms. The lowest BCUT2D eigenvalue weighted by Crippen LogP contribution is -2.43. The Morgan fingerprint density at radius 1 is 1.29 bits per heavy atom. The van der Waals surface area contributed by atoms with E-state index < -0.39 is 17.5 Å². The number of urea groups is 1. The van der Waals surface area contributed by atoms with E-state index in [9.17, 15) is 14.4 Å². The van der Waals surface area contributed by atoms with Crippen LogP contribution in [-0.2, 0) is 21.7 Å². The third-order valence-electron chi connectivity index (χ3n) is 4.92. The molecule has 1 fully saturated rings. The first-order chi connectivity index (χ1) is 13.4. The molecule has 8 nitrogen and oxygen atoms in total. The molecule has 0 unspecified atom stereocenters. The van der Waals surface area contributed by atoms with Gasteiger partial charge in [0.2, 0.25) is 12.7 Å². The van der Waals surface area contributed by atoms with Crippen molar-refractivity contribution >= 4 is 29.2 Å². The SMILES string of the molecule is CN(Cc1cccs1)C(=O)CN1C(=O)N[C@](C)(c2ccc3c(c2)OCO3)C1=O. The number of likely N-dealkylation sites (N-methyl/N-ethyl adjacent to an activating group) is 1. The highest BCUT2D eigenvalue weighted by molar-refractivity contribution is 7.09. The molecule has 2 aromatic rings. The average Bonchev–Trinajstić information content (AvgIpc) is 3.39. The lowest BCUT2D eigenvalue weighted by Gasteiger charge is -2.23. The van der Waals surface area contributed by atoms with Crippen molar-refractivity contribution in [2.75, 3.05) is 20.4 Å². The second kappa shape index (κ2) is 6.83. The highest BCUT2D eigenvalue weighted by atomic mass is 32.1.